The van der Waals surface area contributed by atoms with E-state index in [1.807, 2.05) is 0 Å². The van der Waals surface area contributed by atoms with Gasteiger partial charge in [0.1, 0.15) is 0 Å². The van der Waals surface area contributed by atoms with Crippen LogP contribution in [-0.2, 0) is 82.7 Å². The molecule has 0 aromatic rings. The van der Waals surface area contributed by atoms with Crippen LogP contribution in [0.5, 0.6) is 0 Å². The minimum atomic E-state index is -2.04. The van der Waals surface area contributed by atoms with Crippen LogP contribution in [0.1, 0.15) is 2.97 Å². The van der Waals surface area contributed by atoms with Crippen LogP contribution in [0.3, 0.4) is 0 Å². The van der Waals surface area contributed by atoms with Gasteiger partial charge in [-0.1, -0.05) is 0 Å². The Morgan fingerprint density at radius 1 is 1.00 bits per heavy atom. The molecule has 0 aliphatic carbocycles. The summed E-state index contributed by atoms with van der Waals surface area (Å²) in [4.78, 5) is 24.6. The summed E-state index contributed by atoms with van der Waals surface area (Å²) >= 11 is 0. The number of carbonyl (C=O) groups excluding carboxylic acids is 2. The number of aliphatic hydroxyl groups excluding tert-OH is 2. The van der Waals surface area contributed by atoms with Gasteiger partial charge in [0.2, 0.25) is 12.6 Å². The zero-order valence-electron chi connectivity index (χ0n) is 8.90. The van der Waals surface area contributed by atoms with Crippen LogP contribution >= 0.6 is 0 Å². The van der Waals surface area contributed by atoms with Crippen LogP contribution < -0.4 is 0 Å². The largest absolute Gasteiger partial charge is 0.483 e. The Balaban J connectivity index is -0.0000000124. The first-order valence-electron chi connectivity index (χ1n) is 3.27. The average Bonchev–Trinajstić information content (AvgIpc) is 2.10. The van der Waals surface area contributed by atoms with Crippen LogP contribution in [-0.4, -0.2) is 50.7 Å². The molecule has 0 fully saturated rings. The maximum atomic E-state index is 8.36. The second kappa shape index (κ2) is 44.7. The van der Waals surface area contributed by atoms with Crippen molar-refractivity contribution in [2.45, 2.75) is 12.6 Å². The smallest absolute Gasteiger partial charge is 0.373 e. The van der Waals surface area contributed by atoms with Gasteiger partial charge in [0, 0.05) is 71.2 Å². The first kappa shape index (κ1) is 36.0. The fourth-order valence-corrected chi connectivity index (χ4v) is 0. The Labute approximate surface area is 136 Å². The minimum absolute atomic E-state index is 0. The van der Waals surface area contributed by atoms with E-state index < -0.39 is 12.6 Å². The normalized spacial score (nSPS) is 5.88. The predicted octanol–water partition coefficient (Wildman–Crippen LogP) is -3.04. The summed E-state index contributed by atoms with van der Waals surface area (Å²) in [6.07, 6.45) is -3.82. The van der Waals surface area contributed by atoms with Gasteiger partial charge < -0.3 is 25.5 Å². The Hall–Kier alpha value is 0.768. The molecule has 0 bridgehead atoms. The predicted molar refractivity (Wildman–Crippen MR) is 32.3 cm³/mol. The molecule has 0 aromatic carbocycles. The van der Waals surface area contributed by atoms with Crippen molar-refractivity contribution in [3.63, 3.8) is 0 Å². The molecule has 0 aromatic heterocycles. The second-order valence-electron chi connectivity index (χ2n) is 1.02. The molecule has 0 heterocycles. The molecule has 16 heavy (non-hydrogen) atoms. The van der Waals surface area contributed by atoms with E-state index in [4.69, 9.17) is 42.9 Å². The van der Waals surface area contributed by atoms with Crippen molar-refractivity contribution < 1.29 is 111 Å². The first-order chi connectivity index (χ1) is 6.47. The number of aliphatic hydroxyl groups is 4. The van der Waals surface area contributed by atoms with Gasteiger partial charge in [0.05, 0.1) is 0 Å². The standard InChI is InChI=1S/C2H6O4.CH2O2.CO2.4Cu.H2/c3-1(4)2(5)6;2*2-1-3;;;;;/h1-6H;1H,(H,2,3);;;;;;1H/i;;;;;;;1+2D. The zero-order chi connectivity index (χ0) is 12.6. The Morgan fingerprint density at radius 2 is 1.06 bits per heavy atom. The van der Waals surface area contributed by atoms with E-state index in [1.54, 1.807) is 0 Å². The molecule has 0 aliphatic heterocycles. The topological polar surface area (TPSA) is 152 Å². The van der Waals surface area contributed by atoms with E-state index in [0.29, 0.717) is 0 Å². The van der Waals surface area contributed by atoms with Gasteiger partial charge >= 0.3 is 6.15 Å². The summed E-state index contributed by atoms with van der Waals surface area (Å²) < 4.78 is 10.0. The van der Waals surface area contributed by atoms with E-state index in [-0.39, 0.29) is 80.9 Å². The van der Waals surface area contributed by atoms with Crippen molar-refractivity contribution in [3.05, 3.63) is 0 Å². The Morgan fingerprint density at radius 3 is 1.06 bits per heavy atom. The van der Waals surface area contributed by atoms with Crippen LogP contribution in [0.2, 0.25) is 0 Å². The van der Waals surface area contributed by atoms with Crippen LogP contribution in [0.4, 0.5) is 0 Å². The summed E-state index contributed by atoms with van der Waals surface area (Å²) in [5, 5.41) is 37.6. The fourth-order valence-electron chi connectivity index (χ4n) is 0. The fraction of sp³-hybridized carbons (Fsp3) is 0.500. The molecule has 5 N–H and O–H groups in total. The van der Waals surface area contributed by atoms with Crippen molar-refractivity contribution in [1.29, 1.82) is 0 Å². The molecule has 0 amide bonds. The molecule has 0 rings (SSSR count). The molecular formula is C4H10Cu4O8. The molecule has 0 unspecified atom stereocenters. The molecule has 0 atom stereocenters. The summed E-state index contributed by atoms with van der Waals surface area (Å²) in [5.74, 6) is 0. The van der Waals surface area contributed by atoms with Crippen molar-refractivity contribution in [2.75, 3.05) is 0 Å². The number of hydrogen-bond acceptors (Lipinski definition) is 7. The zero-order valence-corrected chi connectivity index (χ0v) is 10.7. The summed E-state index contributed by atoms with van der Waals surface area (Å²) in [6, 6.07) is 0. The van der Waals surface area contributed by atoms with Crippen molar-refractivity contribution in [3.8, 4) is 0 Å². The molecule has 8 nitrogen and oxygen atoms in total. The van der Waals surface area contributed by atoms with Gasteiger partial charge in [0.25, 0.3) is 6.47 Å². The van der Waals surface area contributed by atoms with Gasteiger partial charge in [-0.25, -0.2) is 0 Å². The maximum Gasteiger partial charge on any atom is 0.373 e. The number of carboxylic acid groups (broad SMARTS) is 1. The van der Waals surface area contributed by atoms with Crippen LogP contribution in [0, 0.1) is 0 Å². The molecule has 0 spiro atoms. The molecule has 118 valence electrons. The van der Waals surface area contributed by atoms with E-state index in [1.165, 1.54) is 0 Å². The quantitative estimate of drug-likeness (QED) is 0.163. The number of rotatable bonds is 1. The Kier molecular flexibility index (Phi) is 101. The van der Waals surface area contributed by atoms with Crippen LogP contribution in [0.15, 0.2) is 0 Å². The molecule has 12 heteroatoms. The Bertz CT molecular complexity index is 128. The average molecular weight is 443 g/mol. The molecule has 4 radical (unpaired) electrons. The van der Waals surface area contributed by atoms with Gasteiger partial charge in [-0.05, 0) is 0 Å². The second-order valence-corrected chi connectivity index (χ2v) is 1.02. The van der Waals surface area contributed by atoms with Gasteiger partial charge in [0.15, 0.2) is 0 Å². The van der Waals surface area contributed by atoms with E-state index >= 15 is 0 Å². The van der Waals surface area contributed by atoms with Crippen molar-refractivity contribution in [1.82, 2.24) is 0 Å². The van der Waals surface area contributed by atoms with Crippen molar-refractivity contribution in [2.24, 2.45) is 0 Å². The van der Waals surface area contributed by atoms with E-state index in [2.05, 4.69) is 0 Å². The van der Waals surface area contributed by atoms with Gasteiger partial charge in [-0.2, -0.15) is 9.59 Å². The van der Waals surface area contributed by atoms with Crippen LogP contribution in [0.25, 0.3) is 0 Å². The summed E-state index contributed by atoms with van der Waals surface area (Å²) in [6.45, 7) is -0.250. The molecule has 0 saturated carbocycles. The third-order valence-corrected chi connectivity index (χ3v) is 0.267. The molecule has 0 aliphatic rings. The minimum Gasteiger partial charge on any atom is -0.483 e. The maximum absolute atomic E-state index is 8.36. The third kappa shape index (κ3) is 123. The van der Waals surface area contributed by atoms with Gasteiger partial charge in [-0.3, -0.25) is 4.79 Å². The summed E-state index contributed by atoms with van der Waals surface area (Å²) in [5.41, 5.74) is 0. The molecule has 0 saturated heterocycles. The summed E-state index contributed by atoms with van der Waals surface area (Å²) in [7, 11) is 0. The number of carbonyl (C=O) groups is 1. The monoisotopic (exact) mass is 441 g/mol. The van der Waals surface area contributed by atoms with Crippen molar-refractivity contribution >= 4 is 12.6 Å². The molecular weight excluding hydrogens is 430 g/mol. The first-order valence-corrected chi connectivity index (χ1v) is 2.27. The van der Waals surface area contributed by atoms with E-state index in [0.717, 1.165) is 0 Å². The number of hydrogen-bond donors (Lipinski definition) is 5. The van der Waals surface area contributed by atoms with E-state index in [9.17, 15) is 0 Å². The third-order valence-electron chi connectivity index (χ3n) is 0.267. The SMILES string of the molecule is O=C=O.O=CO.OC(O)C(O)O.[2H][3H].[Cu].[Cu].[Cu].[Cu]. The van der Waals surface area contributed by atoms with Gasteiger partial charge in [-0.15, -0.1) is 0 Å².